The van der Waals surface area contributed by atoms with E-state index in [1.165, 1.54) is 47.9 Å². The van der Waals surface area contributed by atoms with Gasteiger partial charge >= 0.3 is 0 Å². The van der Waals surface area contributed by atoms with Crippen molar-refractivity contribution in [2.24, 2.45) is 17.8 Å². The van der Waals surface area contributed by atoms with Crippen LogP contribution < -0.4 is 5.32 Å². The maximum absolute atomic E-state index is 3.83. The van der Waals surface area contributed by atoms with E-state index >= 15 is 0 Å². The van der Waals surface area contributed by atoms with Gasteiger partial charge in [0.15, 0.2) is 0 Å². The van der Waals surface area contributed by atoms with Crippen LogP contribution in [0.1, 0.15) is 54.9 Å². The van der Waals surface area contributed by atoms with Gasteiger partial charge in [-0.05, 0) is 81.4 Å². The van der Waals surface area contributed by atoms with Gasteiger partial charge < -0.3 is 5.32 Å². The Morgan fingerprint density at radius 2 is 1.80 bits per heavy atom. The zero-order valence-electron chi connectivity index (χ0n) is 13.5. The van der Waals surface area contributed by atoms with Crippen LogP contribution in [0.15, 0.2) is 12.1 Å². The van der Waals surface area contributed by atoms with Crippen molar-refractivity contribution < 1.29 is 0 Å². The van der Waals surface area contributed by atoms with Crippen LogP contribution in [-0.2, 0) is 6.54 Å². The van der Waals surface area contributed by atoms with Crippen LogP contribution in [0.2, 0.25) is 0 Å². The number of benzene rings is 1. The summed E-state index contributed by atoms with van der Waals surface area (Å²) in [6.45, 7) is 10.1. The van der Waals surface area contributed by atoms with Crippen LogP contribution in [0.5, 0.6) is 0 Å². The van der Waals surface area contributed by atoms with Gasteiger partial charge in [-0.3, -0.25) is 0 Å². The van der Waals surface area contributed by atoms with E-state index in [1.54, 1.807) is 0 Å². The maximum Gasteiger partial charge on any atom is 0.0213 e. The first-order chi connectivity index (χ1) is 9.54. The highest BCUT2D eigenvalue weighted by Crippen LogP contribution is 2.49. The summed E-state index contributed by atoms with van der Waals surface area (Å²) in [5.74, 6) is 3.00. The van der Waals surface area contributed by atoms with Gasteiger partial charge in [-0.25, -0.2) is 0 Å². The first-order valence-corrected chi connectivity index (χ1v) is 8.34. The maximum atomic E-state index is 3.83. The van der Waals surface area contributed by atoms with Crippen molar-refractivity contribution >= 4 is 0 Å². The van der Waals surface area contributed by atoms with Gasteiger partial charge in [0.2, 0.25) is 0 Å². The number of rotatable bonds is 4. The van der Waals surface area contributed by atoms with Crippen LogP contribution in [0.3, 0.4) is 0 Å². The number of hydrogen-bond acceptors (Lipinski definition) is 1. The van der Waals surface area contributed by atoms with Gasteiger partial charge in [-0.15, -0.1) is 0 Å². The molecule has 0 radical (unpaired) electrons. The number of nitrogens with one attached hydrogen (secondary N) is 1. The second-order valence-corrected chi connectivity index (χ2v) is 7.39. The van der Waals surface area contributed by atoms with Crippen molar-refractivity contribution in [3.8, 4) is 0 Å². The van der Waals surface area contributed by atoms with Crippen molar-refractivity contribution in [1.82, 2.24) is 5.32 Å². The lowest BCUT2D eigenvalue weighted by Gasteiger charge is -2.29. The molecule has 1 aromatic carbocycles. The molecule has 0 aromatic heterocycles. The predicted octanol–water partition coefficient (Wildman–Crippen LogP) is 4.53. The van der Waals surface area contributed by atoms with Crippen LogP contribution in [0, 0.1) is 38.5 Å². The minimum absolute atomic E-state index is 0.672. The Morgan fingerprint density at radius 3 is 2.35 bits per heavy atom. The quantitative estimate of drug-likeness (QED) is 0.848. The van der Waals surface area contributed by atoms with E-state index in [9.17, 15) is 0 Å². The lowest BCUT2D eigenvalue weighted by molar-refractivity contribution is 0.259. The lowest BCUT2D eigenvalue weighted by Crippen LogP contribution is -2.36. The summed E-state index contributed by atoms with van der Waals surface area (Å²) in [5, 5.41) is 3.83. The molecule has 1 N–H and O–H groups in total. The normalized spacial score (nSPS) is 29.9. The van der Waals surface area contributed by atoms with Crippen LogP contribution in [0.25, 0.3) is 0 Å². The summed E-state index contributed by atoms with van der Waals surface area (Å²) >= 11 is 0. The van der Waals surface area contributed by atoms with E-state index in [-0.39, 0.29) is 0 Å². The molecule has 4 atom stereocenters. The van der Waals surface area contributed by atoms with Gasteiger partial charge in [0.05, 0.1) is 0 Å². The smallest absolute Gasteiger partial charge is 0.0213 e. The number of fused-ring (bicyclic) bond motifs is 2. The second-order valence-electron chi connectivity index (χ2n) is 7.39. The molecule has 20 heavy (non-hydrogen) atoms. The Morgan fingerprint density at radius 1 is 1.10 bits per heavy atom. The van der Waals surface area contributed by atoms with Gasteiger partial charge in [0.25, 0.3) is 0 Å². The molecule has 2 saturated carbocycles. The number of hydrogen-bond donors (Lipinski definition) is 1. The lowest BCUT2D eigenvalue weighted by atomic mass is 9.84. The Bertz CT molecular complexity index is 468. The highest BCUT2D eigenvalue weighted by molar-refractivity contribution is 5.37. The van der Waals surface area contributed by atoms with Crippen molar-refractivity contribution in [3.05, 3.63) is 34.4 Å². The molecule has 2 bridgehead atoms. The van der Waals surface area contributed by atoms with Gasteiger partial charge in [0.1, 0.15) is 0 Å². The first kappa shape index (κ1) is 14.1. The molecule has 4 unspecified atom stereocenters. The fourth-order valence-electron chi connectivity index (χ4n) is 4.81. The molecule has 2 aliphatic rings. The van der Waals surface area contributed by atoms with Crippen LogP contribution >= 0.6 is 0 Å². The molecule has 1 heteroatoms. The van der Waals surface area contributed by atoms with E-state index < -0.39 is 0 Å². The molecule has 1 nitrogen and oxygen atoms in total. The average Bonchev–Trinajstić information content (AvgIpc) is 2.99. The molecule has 110 valence electrons. The van der Waals surface area contributed by atoms with Gasteiger partial charge in [-0.2, -0.15) is 0 Å². The van der Waals surface area contributed by atoms with Crippen LogP contribution in [-0.4, -0.2) is 6.04 Å². The standard InChI is InChI=1S/C19H29N/c1-12-7-13(2)19(14(3)8-12)11-20-15(4)18-10-16-5-6-17(18)9-16/h7-8,15-18,20H,5-6,9-11H2,1-4H3. The van der Waals surface area contributed by atoms with Crippen molar-refractivity contribution in [1.29, 1.82) is 0 Å². The Hall–Kier alpha value is -0.820. The topological polar surface area (TPSA) is 12.0 Å². The van der Waals surface area contributed by atoms with Crippen molar-refractivity contribution in [2.45, 2.75) is 66.0 Å². The molecular formula is C19H29N. The SMILES string of the molecule is Cc1cc(C)c(CNC(C)C2CC3CCC2C3)c(C)c1. The zero-order chi connectivity index (χ0) is 14.3. The summed E-state index contributed by atoms with van der Waals surface area (Å²) in [7, 11) is 0. The van der Waals surface area contributed by atoms with Crippen molar-refractivity contribution in [3.63, 3.8) is 0 Å². The summed E-state index contributed by atoms with van der Waals surface area (Å²) in [4.78, 5) is 0. The molecule has 0 heterocycles. The third-order valence-corrected chi connectivity index (χ3v) is 5.88. The zero-order valence-corrected chi connectivity index (χ0v) is 13.5. The van der Waals surface area contributed by atoms with E-state index in [1.807, 2.05) is 0 Å². The third kappa shape index (κ3) is 2.65. The molecule has 0 aliphatic heterocycles. The molecule has 3 rings (SSSR count). The van der Waals surface area contributed by atoms with Crippen LogP contribution in [0.4, 0.5) is 0 Å². The Labute approximate surface area is 124 Å². The summed E-state index contributed by atoms with van der Waals surface area (Å²) in [5.41, 5.74) is 5.76. The summed E-state index contributed by atoms with van der Waals surface area (Å²) in [6, 6.07) is 5.30. The second kappa shape index (κ2) is 5.52. The predicted molar refractivity (Wildman–Crippen MR) is 85.9 cm³/mol. The third-order valence-electron chi connectivity index (χ3n) is 5.88. The minimum atomic E-state index is 0.672. The molecule has 2 fully saturated rings. The Balaban J connectivity index is 1.62. The van der Waals surface area contributed by atoms with Gasteiger partial charge in [0, 0.05) is 12.6 Å². The Kier molecular flexibility index (Phi) is 3.90. The summed E-state index contributed by atoms with van der Waals surface area (Å²) in [6.07, 6.45) is 5.98. The van der Waals surface area contributed by atoms with E-state index in [0.717, 1.165) is 24.3 Å². The average molecular weight is 271 g/mol. The highest BCUT2D eigenvalue weighted by Gasteiger charge is 2.41. The monoisotopic (exact) mass is 271 g/mol. The minimum Gasteiger partial charge on any atom is -0.310 e. The van der Waals surface area contributed by atoms with E-state index in [0.29, 0.717) is 6.04 Å². The largest absolute Gasteiger partial charge is 0.310 e. The number of aryl methyl sites for hydroxylation is 3. The van der Waals surface area contributed by atoms with Gasteiger partial charge in [-0.1, -0.05) is 24.1 Å². The molecule has 1 aromatic rings. The van der Waals surface area contributed by atoms with E-state index in [4.69, 9.17) is 0 Å². The first-order valence-electron chi connectivity index (χ1n) is 8.34. The molecule has 0 amide bonds. The molecule has 0 spiro atoms. The fourth-order valence-corrected chi connectivity index (χ4v) is 4.81. The highest BCUT2D eigenvalue weighted by atomic mass is 14.9. The van der Waals surface area contributed by atoms with Crippen molar-refractivity contribution in [2.75, 3.05) is 0 Å². The summed E-state index contributed by atoms with van der Waals surface area (Å²) < 4.78 is 0. The fraction of sp³-hybridized carbons (Fsp3) is 0.684. The van der Waals surface area contributed by atoms with E-state index in [2.05, 4.69) is 45.1 Å². The molecule has 0 saturated heterocycles. The molecular weight excluding hydrogens is 242 g/mol. The molecule has 2 aliphatic carbocycles.